The Labute approximate surface area is 204 Å². The van der Waals surface area contributed by atoms with Crippen LogP contribution in [0.5, 0.6) is 0 Å². The van der Waals surface area contributed by atoms with Gasteiger partial charge in [-0.1, -0.05) is 0 Å². The van der Waals surface area contributed by atoms with E-state index in [0.29, 0.717) is 11.4 Å². The fourth-order valence-electron chi connectivity index (χ4n) is 3.84. The number of ether oxygens (including phenoxy) is 2. The van der Waals surface area contributed by atoms with Crippen molar-refractivity contribution in [2.75, 3.05) is 13.2 Å². The second kappa shape index (κ2) is 10.8. The van der Waals surface area contributed by atoms with Gasteiger partial charge >= 0.3 is 204 Å². The maximum absolute atomic E-state index is 13.8. The molecular formula is C21H25ClFN2O9P. The second-order valence-electron chi connectivity index (χ2n) is 8.02. The second-order valence-corrected chi connectivity index (χ2v) is 10.3. The quantitative estimate of drug-likeness (QED) is 0.405. The normalized spacial score (nSPS) is 26.9. The Morgan fingerprint density at radius 2 is 2.20 bits per heavy atom. The van der Waals surface area contributed by atoms with E-state index >= 15 is 0 Å². The van der Waals surface area contributed by atoms with Crippen LogP contribution in [0, 0.1) is 5.82 Å². The third kappa shape index (κ3) is 6.15. The number of benzene rings is 1. The molecule has 0 spiro atoms. The van der Waals surface area contributed by atoms with E-state index < -0.39 is 55.7 Å². The molecule has 192 valence electrons. The van der Waals surface area contributed by atoms with E-state index in [9.17, 15) is 23.7 Å². The van der Waals surface area contributed by atoms with Gasteiger partial charge < -0.3 is 0 Å². The number of halogens is 2. The Bertz CT molecular complexity index is 1190. The number of nitrogens with zero attached hydrogens (tertiary/aromatic N) is 1. The summed E-state index contributed by atoms with van der Waals surface area (Å²) in [6.07, 6.45) is -2.11. The van der Waals surface area contributed by atoms with E-state index in [1.54, 1.807) is 25.1 Å². The van der Waals surface area contributed by atoms with Crippen molar-refractivity contribution < 1.29 is 37.1 Å². The van der Waals surface area contributed by atoms with Crippen LogP contribution >= 0.6 is 19.8 Å². The Kier molecular flexibility index (Phi) is 8.02. The number of hydrogen-bond donors (Lipinski definition) is 2. The molecule has 0 amide bonds. The molecule has 1 unspecified atom stereocenters. The summed E-state index contributed by atoms with van der Waals surface area (Å²) in [4.78, 5) is 48.2. The van der Waals surface area contributed by atoms with Crippen molar-refractivity contribution in [2.45, 2.75) is 50.7 Å². The van der Waals surface area contributed by atoms with Gasteiger partial charge in [0, 0.05) is 0 Å². The van der Waals surface area contributed by atoms with Crippen molar-refractivity contribution >= 4 is 25.7 Å². The van der Waals surface area contributed by atoms with Crippen LogP contribution in [0.2, 0.25) is 5.02 Å². The molecule has 2 aliphatic rings. The van der Waals surface area contributed by atoms with Crippen LogP contribution in [0.1, 0.15) is 44.1 Å². The first kappa shape index (κ1) is 25.9. The molecule has 0 aliphatic carbocycles. The summed E-state index contributed by atoms with van der Waals surface area (Å²) in [6.45, 7) is 1.48. The molecule has 0 saturated carbocycles. The van der Waals surface area contributed by atoms with Gasteiger partial charge in [-0.2, -0.15) is 0 Å². The van der Waals surface area contributed by atoms with E-state index in [2.05, 4.69) is 0 Å². The topological polar surface area (TPSA) is 138 Å². The molecule has 3 heterocycles. The summed E-state index contributed by atoms with van der Waals surface area (Å²) in [7, 11) is -4.11. The Morgan fingerprint density at radius 1 is 1.40 bits per heavy atom. The van der Waals surface area contributed by atoms with E-state index in [1.165, 1.54) is 0 Å². The Hall–Kier alpha value is -2.18. The molecule has 11 nitrogen and oxygen atoms in total. The molecule has 0 radical (unpaired) electrons. The van der Waals surface area contributed by atoms with Crippen molar-refractivity contribution in [3.05, 3.63) is 67.7 Å². The van der Waals surface area contributed by atoms with Crippen LogP contribution in [0.3, 0.4) is 0 Å². The minimum absolute atomic E-state index is 0.0159. The Balaban J connectivity index is 1.47. The van der Waals surface area contributed by atoms with E-state index in [4.69, 9.17) is 34.6 Å². The predicted molar refractivity (Wildman–Crippen MR) is 122 cm³/mol. The van der Waals surface area contributed by atoms with Gasteiger partial charge in [0.1, 0.15) is 0 Å². The van der Waals surface area contributed by atoms with Gasteiger partial charge in [-0.3, -0.25) is 0 Å². The van der Waals surface area contributed by atoms with Crippen molar-refractivity contribution in [1.29, 1.82) is 0 Å². The number of aromatic amines is 1. The van der Waals surface area contributed by atoms with Gasteiger partial charge in [0.15, 0.2) is 0 Å². The summed E-state index contributed by atoms with van der Waals surface area (Å²) in [5.41, 5.74) is -1.30. The van der Waals surface area contributed by atoms with Crippen molar-refractivity contribution in [3.63, 3.8) is 0 Å². The third-order valence-electron chi connectivity index (χ3n) is 5.59. The molecule has 14 heteroatoms. The molecule has 0 bridgehead atoms. The number of carbonyl (C=O) groups is 1. The zero-order valence-electron chi connectivity index (χ0n) is 18.6. The molecule has 2 saturated heterocycles. The summed E-state index contributed by atoms with van der Waals surface area (Å²) in [6, 6.07) is 7.01. The minimum atomic E-state index is -4.11. The monoisotopic (exact) mass is 534 g/mol. The van der Waals surface area contributed by atoms with E-state index in [1.807, 2.05) is 11.1 Å². The number of H-pyrrole nitrogens is 1. The van der Waals surface area contributed by atoms with Gasteiger partial charge in [0.2, 0.25) is 0 Å². The Morgan fingerprint density at radius 3 is 2.94 bits per heavy atom. The fraction of sp³-hybridized carbons (Fsp3) is 0.476. The van der Waals surface area contributed by atoms with Crippen LogP contribution in [0.15, 0.2) is 40.1 Å². The van der Waals surface area contributed by atoms with Gasteiger partial charge in [0.25, 0.3) is 0 Å². The molecular weight excluding hydrogens is 510 g/mol. The van der Waals surface area contributed by atoms with Gasteiger partial charge in [-0.25, -0.2) is 0 Å². The molecule has 4 rings (SSSR count). The number of hydrogen-bond acceptors (Lipinski definition) is 9. The summed E-state index contributed by atoms with van der Waals surface area (Å²) in [5.74, 6) is -1.70. The van der Waals surface area contributed by atoms with E-state index in [-0.39, 0.29) is 26.1 Å². The standard InChI is InChI=1S/C21H25ClFN2O9P/c1-2-19(26)33-16-9-18(25-10-14(23)20(27)24-21(25)28)32-17(16)11-31-35(29)30-7-6-15(34-35)12-4-3-5-13(22)8-12/h3-5,8,10,15-18,29,35H,2,6-7,9,11H2,1H3,(H,24,27,28)/t15?,16-,17+,18+/m0/s1. The van der Waals surface area contributed by atoms with E-state index in [0.717, 1.165) is 16.3 Å². The van der Waals surface area contributed by atoms with Gasteiger partial charge in [-0.15, -0.1) is 0 Å². The average molecular weight is 535 g/mol. The van der Waals surface area contributed by atoms with Gasteiger partial charge in [0.05, 0.1) is 0 Å². The average Bonchev–Trinajstić information content (AvgIpc) is 3.22. The molecule has 1 aromatic heterocycles. The third-order valence-corrected chi connectivity index (χ3v) is 7.51. The first-order valence-electron chi connectivity index (χ1n) is 11.0. The maximum atomic E-state index is 13.8. The molecule has 2 N–H and O–H groups in total. The van der Waals surface area contributed by atoms with Crippen LogP contribution in [-0.2, 0) is 27.8 Å². The predicted octanol–water partition coefficient (Wildman–Crippen LogP) is 2.54. The summed E-state index contributed by atoms with van der Waals surface area (Å²) >= 11 is 6.05. The zero-order valence-corrected chi connectivity index (χ0v) is 20.4. The first-order chi connectivity index (χ1) is 16.7. The molecule has 35 heavy (non-hydrogen) atoms. The van der Waals surface area contributed by atoms with Crippen LogP contribution in [0.4, 0.5) is 4.39 Å². The van der Waals surface area contributed by atoms with Crippen molar-refractivity contribution in [1.82, 2.24) is 9.55 Å². The summed E-state index contributed by atoms with van der Waals surface area (Å²) < 4.78 is 42.6. The summed E-state index contributed by atoms with van der Waals surface area (Å²) in [5, 5.41) is 0.517. The number of nitrogens with one attached hydrogen (secondary N) is 1. The van der Waals surface area contributed by atoms with Crippen LogP contribution in [0.25, 0.3) is 0 Å². The van der Waals surface area contributed by atoms with Gasteiger partial charge in [-0.05, 0) is 0 Å². The molecule has 4 atom stereocenters. The molecule has 1 aromatic carbocycles. The molecule has 2 aromatic rings. The van der Waals surface area contributed by atoms with Crippen LogP contribution < -0.4 is 11.2 Å². The van der Waals surface area contributed by atoms with Crippen LogP contribution in [-0.4, -0.2) is 45.8 Å². The molecule has 2 aliphatic heterocycles. The number of aromatic nitrogens is 2. The number of carbonyl (C=O) groups excluding carboxylic acids is 1. The van der Waals surface area contributed by atoms with Crippen molar-refractivity contribution in [3.8, 4) is 0 Å². The SMILES string of the molecule is CCC(=O)O[C@H]1C[C@H](n2cc(F)c(=O)[nH]c2=O)O[C@@H]1CO[PH]1(O)OCCC(c2cccc(Cl)c2)O1. The zero-order chi connectivity index (χ0) is 25.2. The fourth-order valence-corrected chi connectivity index (χ4v) is 5.63. The van der Waals surface area contributed by atoms with Crippen molar-refractivity contribution in [2.24, 2.45) is 0 Å². The number of esters is 1. The molecule has 2 fully saturated rings. The number of rotatable bonds is 7. The first-order valence-corrected chi connectivity index (χ1v) is 13.0.